The highest BCUT2D eigenvalue weighted by Gasteiger charge is 2.28. The molecule has 1 aromatic rings. The molecule has 0 radical (unpaired) electrons. The van der Waals surface area contributed by atoms with Crippen LogP contribution in [0.2, 0.25) is 0 Å². The van der Waals surface area contributed by atoms with Crippen molar-refractivity contribution in [3.8, 4) is 0 Å². The van der Waals surface area contributed by atoms with Crippen LogP contribution in [0, 0.1) is 5.92 Å². The molecule has 2 aliphatic rings. The summed E-state index contributed by atoms with van der Waals surface area (Å²) in [5.41, 5.74) is 0. The normalized spacial score (nSPS) is 24.2. The molecule has 3 heterocycles. The monoisotopic (exact) mass is 354 g/mol. The molecule has 1 N–H and O–H groups in total. The van der Waals surface area contributed by atoms with Crippen molar-refractivity contribution in [3.05, 3.63) is 18.3 Å². The van der Waals surface area contributed by atoms with Crippen molar-refractivity contribution in [2.75, 3.05) is 57.8 Å². The van der Waals surface area contributed by atoms with Crippen molar-refractivity contribution < 1.29 is 13.5 Å². The van der Waals surface area contributed by atoms with Crippen LogP contribution in [0.25, 0.3) is 0 Å². The summed E-state index contributed by atoms with van der Waals surface area (Å²) < 4.78 is 26.9. The molecule has 3 rings (SSSR count). The first-order valence-electron chi connectivity index (χ1n) is 8.51. The molecule has 0 amide bonds. The number of piperidine rings is 1. The van der Waals surface area contributed by atoms with Crippen molar-refractivity contribution in [2.24, 2.45) is 5.92 Å². The minimum atomic E-state index is -3.46. The van der Waals surface area contributed by atoms with Crippen LogP contribution >= 0.6 is 0 Å². The number of aliphatic hydroxyl groups is 1. The second-order valence-electron chi connectivity index (χ2n) is 6.70. The number of rotatable bonds is 4. The van der Waals surface area contributed by atoms with Gasteiger partial charge in [0, 0.05) is 52.1 Å². The van der Waals surface area contributed by atoms with Crippen LogP contribution in [-0.2, 0) is 10.0 Å². The quantitative estimate of drug-likeness (QED) is 0.834. The van der Waals surface area contributed by atoms with Gasteiger partial charge in [-0.1, -0.05) is 0 Å². The zero-order chi connectivity index (χ0) is 17.2. The number of aromatic nitrogens is 1. The Kier molecular flexibility index (Phi) is 5.39. The first kappa shape index (κ1) is 17.6. The van der Waals surface area contributed by atoms with Crippen molar-refractivity contribution in [2.45, 2.75) is 17.7 Å². The zero-order valence-electron chi connectivity index (χ0n) is 14.1. The Morgan fingerprint density at radius 3 is 2.58 bits per heavy atom. The molecule has 24 heavy (non-hydrogen) atoms. The molecule has 0 bridgehead atoms. The van der Waals surface area contributed by atoms with E-state index in [1.54, 1.807) is 12.1 Å². The molecule has 2 fully saturated rings. The molecule has 0 aromatic carbocycles. The van der Waals surface area contributed by atoms with Gasteiger partial charge >= 0.3 is 0 Å². The highest BCUT2D eigenvalue weighted by molar-refractivity contribution is 7.89. The molecule has 134 valence electrons. The topological polar surface area (TPSA) is 77.0 Å². The van der Waals surface area contributed by atoms with Crippen LogP contribution < -0.4 is 4.90 Å². The lowest BCUT2D eigenvalue weighted by atomic mass is 9.99. The maximum atomic E-state index is 12.7. The van der Waals surface area contributed by atoms with E-state index in [9.17, 15) is 13.5 Å². The summed E-state index contributed by atoms with van der Waals surface area (Å²) in [6.07, 6.45) is 3.52. The fourth-order valence-electron chi connectivity index (χ4n) is 3.31. The molecule has 1 atom stereocenters. The molecule has 7 nitrogen and oxygen atoms in total. The highest BCUT2D eigenvalue weighted by atomic mass is 32.2. The van der Waals surface area contributed by atoms with Gasteiger partial charge < -0.3 is 14.9 Å². The van der Waals surface area contributed by atoms with Crippen molar-refractivity contribution >= 4 is 15.8 Å². The van der Waals surface area contributed by atoms with Gasteiger partial charge in [-0.3, -0.25) is 0 Å². The predicted molar refractivity (Wildman–Crippen MR) is 92.5 cm³/mol. The Morgan fingerprint density at radius 2 is 1.96 bits per heavy atom. The summed E-state index contributed by atoms with van der Waals surface area (Å²) in [4.78, 5) is 8.88. The second kappa shape index (κ2) is 7.35. The average Bonchev–Trinajstić information content (AvgIpc) is 2.62. The van der Waals surface area contributed by atoms with E-state index in [0.29, 0.717) is 13.1 Å². The smallest absolute Gasteiger partial charge is 0.244 e. The van der Waals surface area contributed by atoms with E-state index in [-0.39, 0.29) is 17.4 Å². The van der Waals surface area contributed by atoms with Crippen LogP contribution in [0.3, 0.4) is 0 Å². The number of piperazine rings is 1. The molecule has 0 saturated carbocycles. The SMILES string of the molecule is CN1CCN(S(=O)(=O)c2ccc(N3CCCC(CO)C3)nc2)CC1. The number of pyridine rings is 1. The summed E-state index contributed by atoms with van der Waals surface area (Å²) in [5.74, 6) is 1.06. The van der Waals surface area contributed by atoms with E-state index in [1.807, 2.05) is 7.05 Å². The van der Waals surface area contributed by atoms with Crippen LogP contribution in [-0.4, -0.2) is 80.6 Å². The lowest BCUT2D eigenvalue weighted by Gasteiger charge is -2.33. The van der Waals surface area contributed by atoms with E-state index >= 15 is 0 Å². The third kappa shape index (κ3) is 3.72. The maximum Gasteiger partial charge on any atom is 0.244 e. The highest BCUT2D eigenvalue weighted by Crippen LogP contribution is 2.23. The maximum absolute atomic E-state index is 12.7. The van der Waals surface area contributed by atoms with Crippen LogP contribution in [0.5, 0.6) is 0 Å². The summed E-state index contributed by atoms with van der Waals surface area (Å²) in [6.45, 7) is 4.40. The van der Waals surface area contributed by atoms with E-state index in [4.69, 9.17) is 0 Å². The Labute approximate surface area is 143 Å². The standard InChI is InChI=1S/C16H26N4O3S/c1-18-7-9-20(10-8-18)24(22,23)15-4-5-16(17-11-15)19-6-2-3-14(12-19)13-21/h4-5,11,14,21H,2-3,6-10,12-13H2,1H3. The number of likely N-dealkylation sites (N-methyl/N-ethyl adjacent to an activating group) is 1. The van der Waals surface area contributed by atoms with Gasteiger partial charge in [-0.2, -0.15) is 4.31 Å². The second-order valence-corrected chi connectivity index (χ2v) is 8.63. The largest absolute Gasteiger partial charge is 0.396 e. The Bertz CT molecular complexity index is 642. The molecule has 1 aromatic heterocycles. The first-order valence-corrected chi connectivity index (χ1v) is 9.95. The number of hydrogen-bond donors (Lipinski definition) is 1. The summed E-state index contributed by atoms with van der Waals surface area (Å²) in [7, 11) is -1.46. The van der Waals surface area contributed by atoms with Gasteiger partial charge in [0.2, 0.25) is 10.0 Å². The molecule has 2 saturated heterocycles. The van der Waals surface area contributed by atoms with Gasteiger partial charge in [-0.05, 0) is 37.9 Å². The third-order valence-corrected chi connectivity index (χ3v) is 6.80. The fraction of sp³-hybridized carbons (Fsp3) is 0.688. The average molecular weight is 354 g/mol. The van der Waals surface area contributed by atoms with E-state index in [0.717, 1.165) is 44.8 Å². The van der Waals surface area contributed by atoms with Gasteiger partial charge in [0.05, 0.1) is 0 Å². The summed E-state index contributed by atoms with van der Waals surface area (Å²) in [5, 5.41) is 9.33. The number of aliphatic hydroxyl groups excluding tert-OH is 1. The molecule has 8 heteroatoms. The summed E-state index contributed by atoms with van der Waals surface area (Å²) >= 11 is 0. The third-order valence-electron chi connectivity index (χ3n) is 4.92. The summed E-state index contributed by atoms with van der Waals surface area (Å²) in [6, 6.07) is 3.43. The van der Waals surface area contributed by atoms with Gasteiger partial charge in [0.1, 0.15) is 10.7 Å². The first-order chi connectivity index (χ1) is 11.5. The van der Waals surface area contributed by atoms with Crippen LogP contribution in [0.1, 0.15) is 12.8 Å². The van der Waals surface area contributed by atoms with Gasteiger partial charge in [0.15, 0.2) is 0 Å². The van der Waals surface area contributed by atoms with E-state index < -0.39 is 10.0 Å². The number of anilines is 1. The minimum absolute atomic E-state index is 0.187. The Morgan fingerprint density at radius 1 is 1.21 bits per heavy atom. The molecule has 0 spiro atoms. The van der Waals surface area contributed by atoms with Gasteiger partial charge in [-0.15, -0.1) is 0 Å². The van der Waals surface area contributed by atoms with E-state index in [2.05, 4.69) is 14.8 Å². The van der Waals surface area contributed by atoms with E-state index in [1.165, 1.54) is 10.5 Å². The van der Waals surface area contributed by atoms with Crippen molar-refractivity contribution in [1.82, 2.24) is 14.2 Å². The molecular formula is C16H26N4O3S. The molecule has 1 unspecified atom stereocenters. The lowest BCUT2D eigenvalue weighted by Crippen LogP contribution is -2.47. The lowest BCUT2D eigenvalue weighted by molar-refractivity contribution is 0.208. The molecular weight excluding hydrogens is 328 g/mol. The van der Waals surface area contributed by atoms with Gasteiger partial charge in [-0.25, -0.2) is 13.4 Å². The van der Waals surface area contributed by atoms with Crippen LogP contribution in [0.4, 0.5) is 5.82 Å². The van der Waals surface area contributed by atoms with Crippen molar-refractivity contribution in [3.63, 3.8) is 0 Å². The number of sulfonamides is 1. The predicted octanol–water partition coefficient (Wildman–Crippen LogP) is 0.226. The minimum Gasteiger partial charge on any atom is -0.396 e. The number of nitrogens with zero attached hydrogens (tertiary/aromatic N) is 4. The number of hydrogen-bond acceptors (Lipinski definition) is 6. The molecule has 0 aliphatic carbocycles. The Hall–Kier alpha value is -1.22. The zero-order valence-corrected chi connectivity index (χ0v) is 15.0. The van der Waals surface area contributed by atoms with Crippen molar-refractivity contribution in [1.29, 1.82) is 0 Å². The Balaban J connectivity index is 1.72. The fourth-order valence-corrected chi connectivity index (χ4v) is 4.68. The van der Waals surface area contributed by atoms with Crippen LogP contribution in [0.15, 0.2) is 23.2 Å². The molecule has 2 aliphatic heterocycles. The van der Waals surface area contributed by atoms with Gasteiger partial charge in [0.25, 0.3) is 0 Å².